The first kappa shape index (κ1) is 22.5. The summed E-state index contributed by atoms with van der Waals surface area (Å²) in [5, 5.41) is 5.22. The van der Waals surface area contributed by atoms with Crippen LogP contribution in [0.5, 0.6) is 0 Å². The minimum atomic E-state index is -0.515. The summed E-state index contributed by atoms with van der Waals surface area (Å²) in [5.74, 6) is -0.412. The summed E-state index contributed by atoms with van der Waals surface area (Å²) in [6.07, 6.45) is 3.23. The van der Waals surface area contributed by atoms with Gasteiger partial charge in [-0.3, -0.25) is 9.88 Å². The number of urea groups is 1. The zero-order chi connectivity index (χ0) is 22.1. The van der Waals surface area contributed by atoms with Crippen LogP contribution in [-0.4, -0.2) is 61.9 Å². The molecule has 31 heavy (non-hydrogen) atoms. The number of ether oxygens (including phenoxy) is 2. The van der Waals surface area contributed by atoms with E-state index < -0.39 is 11.8 Å². The lowest BCUT2D eigenvalue weighted by Crippen LogP contribution is -2.34. The summed E-state index contributed by atoms with van der Waals surface area (Å²) in [7, 11) is 1.54. The van der Waals surface area contributed by atoms with Gasteiger partial charge < -0.3 is 20.1 Å². The number of halogens is 1. The van der Waals surface area contributed by atoms with E-state index in [1.165, 1.54) is 0 Å². The summed E-state index contributed by atoms with van der Waals surface area (Å²) >= 11 is 0. The van der Waals surface area contributed by atoms with E-state index in [0.717, 1.165) is 31.7 Å². The van der Waals surface area contributed by atoms with Crippen LogP contribution in [0.2, 0.25) is 0 Å². The number of aromatic nitrogens is 1. The maximum atomic E-state index is 14.9. The maximum Gasteiger partial charge on any atom is 0.383 e. The zero-order valence-corrected chi connectivity index (χ0v) is 17.9. The van der Waals surface area contributed by atoms with Gasteiger partial charge in [-0.05, 0) is 50.1 Å². The largest absolute Gasteiger partial charge is 0.454 e. The third-order valence-corrected chi connectivity index (χ3v) is 4.88. The topological polar surface area (TPSA) is 88.1 Å². The van der Waals surface area contributed by atoms with Crippen LogP contribution in [0.15, 0.2) is 41.5 Å². The molecule has 0 unspecified atom stereocenters. The molecule has 0 aliphatic carbocycles. The third-order valence-electron chi connectivity index (χ3n) is 4.88. The van der Waals surface area contributed by atoms with Gasteiger partial charge in [-0.1, -0.05) is 12.1 Å². The van der Waals surface area contributed by atoms with Crippen LogP contribution in [0.1, 0.15) is 17.7 Å². The van der Waals surface area contributed by atoms with Gasteiger partial charge in [0.2, 0.25) is 0 Å². The van der Waals surface area contributed by atoms with Gasteiger partial charge in [0, 0.05) is 18.8 Å². The number of amides is 2. The number of aryl methyl sites for hydroxylation is 2. The van der Waals surface area contributed by atoms with Crippen LogP contribution >= 0.6 is 0 Å². The lowest BCUT2D eigenvalue weighted by atomic mass is 10.1. The van der Waals surface area contributed by atoms with Crippen LogP contribution in [0.25, 0.3) is 0 Å². The zero-order valence-electron chi connectivity index (χ0n) is 17.9. The second kappa shape index (κ2) is 11.3. The minimum absolute atomic E-state index is 0.149. The predicted molar refractivity (Wildman–Crippen MR) is 118 cm³/mol. The Labute approximate surface area is 181 Å². The Morgan fingerprint density at radius 2 is 2.13 bits per heavy atom. The number of methoxy groups -OCH3 is 1. The molecule has 2 amide bonds. The molecule has 2 aromatic rings. The quantitative estimate of drug-likeness (QED) is 0.735. The summed E-state index contributed by atoms with van der Waals surface area (Å²) in [6, 6.07) is 8.05. The van der Waals surface area contributed by atoms with Crippen molar-refractivity contribution in [3.63, 3.8) is 0 Å². The fraction of sp³-hybridized carbons (Fsp3) is 0.409. The Morgan fingerprint density at radius 1 is 1.26 bits per heavy atom. The first-order chi connectivity index (χ1) is 15.0. The monoisotopic (exact) mass is 429 g/mol. The smallest absolute Gasteiger partial charge is 0.383 e. The van der Waals surface area contributed by atoms with E-state index in [1.807, 2.05) is 6.92 Å². The summed E-state index contributed by atoms with van der Waals surface area (Å²) < 4.78 is 25.3. The molecule has 1 aromatic heterocycles. The molecular formula is C22H28FN5O3. The number of rotatable bonds is 6. The minimum Gasteiger partial charge on any atom is -0.454 e. The van der Waals surface area contributed by atoms with E-state index in [-0.39, 0.29) is 5.69 Å². The van der Waals surface area contributed by atoms with E-state index in [2.05, 4.69) is 25.5 Å². The number of pyridine rings is 1. The number of aliphatic imine (C=N–C) groups is 1. The first-order valence-corrected chi connectivity index (χ1v) is 10.3. The molecular weight excluding hydrogens is 401 g/mol. The fourth-order valence-electron chi connectivity index (χ4n) is 3.24. The molecule has 1 aliphatic heterocycles. The van der Waals surface area contributed by atoms with Crippen molar-refractivity contribution in [1.82, 2.24) is 9.88 Å². The lowest BCUT2D eigenvalue weighted by molar-refractivity contribution is 0.146. The van der Waals surface area contributed by atoms with E-state index in [1.54, 1.807) is 43.6 Å². The number of anilines is 2. The van der Waals surface area contributed by atoms with Crippen molar-refractivity contribution in [2.24, 2.45) is 4.99 Å². The second-order valence-electron chi connectivity index (χ2n) is 7.19. The van der Waals surface area contributed by atoms with Crippen LogP contribution in [0, 0.1) is 12.7 Å². The maximum absolute atomic E-state index is 14.9. The van der Waals surface area contributed by atoms with Crippen LogP contribution in [0.3, 0.4) is 0 Å². The molecule has 9 heteroatoms. The SMILES string of the molecule is COC1=NCCN(CCCc2cccc(NC(=O)Nc3ccc(C)nc3)c2F)CCO1. The van der Waals surface area contributed by atoms with Crippen molar-refractivity contribution >= 4 is 23.5 Å². The van der Waals surface area contributed by atoms with Crippen molar-refractivity contribution in [3.8, 4) is 0 Å². The highest BCUT2D eigenvalue weighted by Gasteiger charge is 2.13. The highest BCUT2D eigenvalue weighted by molar-refractivity contribution is 5.99. The molecule has 8 nitrogen and oxygen atoms in total. The molecule has 166 valence electrons. The Bertz CT molecular complexity index is 905. The number of benzene rings is 1. The van der Waals surface area contributed by atoms with Gasteiger partial charge in [-0.25, -0.2) is 14.2 Å². The van der Waals surface area contributed by atoms with Crippen LogP contribution < -0.4 is 10.6 Å². The fourth-order valence-corrected chi connectivity index (χ4v) is 3.24. The standard InChI is InChI=1S/C22H28FN5O3/c1-16-8-9-18(15-25-16)26-21(29)27-19-7-3-5-17(20(19)23)6-4-11-28-12-10-24-22(30-2)31-14-13-28/h3,5,7-9,15H,4,6,10-14H2,1-2H3,(H2,26,27,29). The van der Waals surface area contributed by atoms with Crippen molar-refractivity contribution in [2.75, 3.05) is 50.5 Å². The Hall–Kier alpha value is -3.20. The number of nitrogens with one attached hydrogen (secondary N) is 2. The molecule has 0 saturated carbocycles. The molecule has 2 N–H and O–H groups in total. The van der Waals surface area contributed by atoms with Gasteiger partial charge in [-0.15, -0.1) is 0 Å². The normalized spacial score (nSPS) is 14.6. The number of nitrogens with zero attached hydrogens (tertiary/aromatic N) is 3. The molecule has 2 heterocycles. The Kier molecular flexibility index (Phi) is 8.17. The van der Waals surface area contributed by atoms with Crippen molar-refractivity contribution < 1.29 is 18.7 Å². The van der Waals surface area contributed by atoms with Crippen LogP contribution in [0.4, 0.5) is 20.6 Å². The number of hydrogen-bond donors (Lipinski definition) is 2. The van der Waals surface area contributed by atoms with E-state index in [0.29, 0.717) is 36.9 Å². The molecule has 0 saturated heterocycles. The predicted octanol–water partition coefficient (Wildman–Crippen LogP) is 3.44. The van der Waals surface area contributed by atoms with Gasteiger partial charge in [0.25, 0.3) is 0 Å². The van der Waals surface area contributed by atoms with Gasteiger partial charge in [0.1, 0.15) is 12.4 Å². The average molecular weight is 429 g/mol. The summed E-state index contributed by atoms with van der Waals surface area (Å²) in [5.41, 5.74) is 2.10. The number of carbonyl (C=O) groups excluding carboxylic acids is 1. The molecule has 0 radical (unpaired) electrons. The van der Waals surface area contributed by atoms with E-state index >= 15 is 0 Å². The van der Waals surface area contributed by atoms with E-state index in [9.17, 15) is 9.18 Å². The van der Waals surface area contributed by atoms with Crippen molar-refractivity contribution in [1.29, 1.82) is 0 Å². The van der Waals surface area contributed by atoms with Crippen molar-refractivity contribution in [3.05, 3.63) is 53.6 Å². The van der Waals surface area contributed by atoms with Gasteiger partial charge >= 0.3 is 12.1 Å². The summed E-state index contributed by atoms with van der Waals surface area (Å²) in [6.45, 7) is 5.33. The molecule has 0 fully saturated rings. The van der Waals surface area contributed by atoms with E-state index in [4.69, 9.17) is 9.47 Å². The van der Waals surface area contributed by atoms with Gasteiger partial charge in [-0.2, -0.15) is 0 Å². The molecule has 0 bridgehead atoms. The highest BCUT2D eigenvalue weighted by Crippen LogP contribution is 2.20. The highest BCUT2D eigenvalue weighted by atomic mass is 19.1. The molecule has 0 spiro atoms. The number of carbonyl (C=O) groups is 1. The molecule has 3 rings (SSSR count). The lowest BCUT2D eigenvalue weighted by Gasteiger charge is -2.23. The van der Waals surface area contributed by atoms with Gasteiger partial charge in [0.05, 0.1) is 31.2 Å². The molecule has 1 aliphatic rings. The molecule has 0 atom stereocenters. The summed E-state index contributed by atoms with van der Waals surface area (Å²) in [4.78, 5) is 22.8. The Morgan fingerprint density at radius 3 is 2.90 bits per heavy atom. The molecule has 1 aromatic carbocycles. The number of hydrogen-bond acceptors (Lipinski definition) is 6. The second-order valence-corrected chi connectivity index (χ2v) is 7.19. The Balaban J connectivity index is 1.50. The van der Waals surface area contributed by atoms with Gasteiger partial charge in [0.15, 0.2) is 0 Å². The average Bonchev–Trinajstić information content (AvgIpc) is 2.74. The van der Waals surface area contributed by atoms with Crippen molar-refractivity contribution in [2.45, 2.75) is 19.8 Å². The first-order valence-electron chi connectivity index (χ1n) is 10.3. The van der Waals surface area contributed by atoms with Crippen LogP contribution in [-0.2, 0) is 15.9 Å². The third kappa shape index (κ3) is 6.92.